The predicted octanol–water partition coefficient (Wildman–Crippen LogP) is 2.04. The third-order valence-electron chi connectivity index (χ3n) is 1.63. The number of hydrogen-bond donors (Lipinski definition) is 0. The standard InChI is InChI=1S/C7H11NS/c8-4-3-7-2-1-5-9-6-7/h7H,1-3,5-6H2. The molecular weight excluding hydrogens is 130 g/mol. The molecule has 0 aliphatic carbocycles. The smallest absolute Gasteiger partial charge is 0.0624 e. The first kappa shape index (κ1) is 6.95. The summed E-state index contributed by atoms with van der Waals surface area (Å²) in [6.45, 7) is 0. The van der Waals surface area contributed by atoms with Gasteiger partial charge in [-0.25, -0.2) is 0 Å². The second-order valence-electron chi connectivity index (χ2n) is 2.45. The Morgan fingerprint density at radius 1 is 1.67 bits per heavy atom. The van der Waals surface area contributed by atoms with E-state index in [9.17, 15) is 0 Å². The highest BCUT2D eigenvalue weighted by molar-refractivity contribution is 7.99. The monoisotopic (exact) mass is 141 g/mol. The largest absolute Gasteiger partial charge is 0.198 e. The summed E-state index contributed by atoms with van der Waals surface area (Å²) in [6, 6.07) is 2.22. The number of nitrogens with zero attached hydrogens (tertiary/aromatic N) is 1. The fraction of sp³-hybridized carbons (Fsp3) is 0.857. The predicted molar refractivity (Wildman–Crippen MR) is 40.3 cm³/mol. The topological polar surface area (TPSA) is 23.8 Å². The van der Waals surface area contributed by atoms with Gasteiger partial charge in [-0.2, -0.15) is 17.0 Å². The van der Waals surface area contributed by atoms with Crippen LogP contribution in [0.4, 0.5) is 0 Å². The van der Waals surface area contributed by atoms with Crippen molar-refractivity contribution < 1.29 is 0 Å². The van der Waals surface area contributed by atoms with Crippen molar-refractivity contribution in [2.75, 3.05) is 11.5 Å². The summed E-state index contributed by atoms with van der Waals surface area (Å²) in [7, 11) is 0. The molecule has 1 saturated heterocycles. The Kier molecular flexibility index (Phi) is 2.93. The first-order valence-electron chi connectivity index (χ1n) is 3.38. The van der Waals surface area contributed by atoms with E-state index in [4.69, 9.17) is 5.26 Å². The van der Waals surface area contributed by atoms with E-state index in [1.54, 1.807) is 0 Å². The maximum Gasteiger partial charge on any atom is 0.0624 e. The maximum absolute atomic E-state index is 8.36. The summed E-state index contributed by atoms with van der Waals surface area (Å²) in [4.78, 5) is 0. The molecule has 1 rings (SSSR count). The van der Waals surface area contributed by atoms with Crippen LogP contribution in [0.3, 0.4) is 0 Å². The van der Waals surface area contributed by atoms with E-state index in [2.05, 4.69) is 6.07 Å². The van der Waals surface area contributed by atoms with Gasteiger partial charge in [-0.1, -0.05) is 0 Å². The van der Waals surface area contributed by atoms with Gasteiger partial charge in [-0.05, 0) is 30.3 Å². The Hall–Kier alpha value is -0.160. The van der Waals surface area contributed by atoms with Gasteiger partial charge < -0.3 is 0 Å². The van der Waals surface area contributed by atoms with Gasteiger partial charge in [-0.3, -0.25) is 0 Å². The molecule has 0 aromatic heterocycles. The van der Waals surface area contributed by atoms with E-state index in [1.807, 2.05) is 11.8 Å². The third-order valence-corrected chi connectivity index (χ3v) is 2.92. The Labute approximate surface area is 60.4 Å². The first-order chi connectivity index (χ1) is 4.43. The average molecular weight is 141 g/mol. The van der Waals surface area contributed by atoms with E-state index in [0.717, 1.165) is 6.42 Å². The zero-order valence-electron chi connectivity index (χ0n) is 5.47. The van der Waals surface area contributed by atoms with Crippen molar-refractivity contribution in [3.05, 3.63) is 0 Å². The summed E-state index contributed by atoms with van der Waals surface area (Å²) in [6.07, 6.45) is 3.37. The van der Waals surface area contributed by atoms with Gasteiger partial charge in [0.25, 0.3) is 0 Å². The molecule has 1 nitrogen and oxygen atoms in total. The molecule has 0 bridgehead atoms. The number of rotatable bonds is 1. The molecule has 2 heteroatoms. The molecule has 1 fully saturated rings. The molecule has 1 aliphatic heterocycles. The van der Waals surface area contributed by atoms with Crippen molar-refractivity contribution in [1.29, 1.82) is 5.26 Å². The number of nitriles is 1. The molecule has 1 unspecified atom stereocenters. The van der Waals surface area contributed by atoms with Crippen molar-refractivity contribution in [2.45, 2.75) is 19.3 Å². The second kappa shape index (κ2) is 3.79. The minimum atomic E-state index is 0.703. The lowest BCUT2D eigenvalue weighted by Gasteiger charge is -2.17. The van der Waals surface area contributed by atoms with Gasteiger partial charge in [0.2, 0.25) is 0 Å². The van der Waals surface area contributed by atoms with E-state index in [1.165, 1.54) is 24.3 Å². The van der Waals surface area contributed by atoms with Gasteiger partial charge in [0, 0.05) is 6.42 Å². The van der Waals surface area contributed by atoms with Crippen LogP contribution >= 0.6 is 11.8 Å². The third kappa shape index (κ3) is 2.28. The fourth-order valence-electron chi connectivity index (χ4n) is 1.10. The number of hydrogen-bond acceptors (Lipinski definition) is 2. The van der Waals surface area contributed by atoms with Gasteiger partial charge >= 0.3 is 0 Å². The Morgan fingerprint density at radius 3 is 3.11 bits per heavy atom. The number of thioether (sulfide) groups is 1. The normalized spacial score (nSPS) is 27.2. The summed E-state index contributed by atoms with van der Waals surface area (Å²) in [5, 5.41) is 8.36. The summed E-state index contributed by atoms with van der Waals surface area (Å²) in [5.74, 6) is 3.23. The van der Waals surface area contributed by atoms with Crippen LogP contribution in [0.15, 0.2) is 0 Å². The van der Waals surface area contributed by atoms with Crippen LogP contribution in [-0.4, -0.2) is 11.5 Å². The van der Waals surface area contributed by atoms with Crippen LogP contribution in [0.25, 0.3) is 0 Å². The van der Waals surface area contributed by atoms with Crippen molar-refractivity contribution in [2.24, 2.45) is 5.92 Å². The van der Waals surface area contributed by atoms with Gasteiger partial charge in [0.05, 0.1) is 6.07 Å². The highest BCUT2D eigenvalue weighted by atomic mass is 32.2. The Morgan fingerprint density at radius 2 is 2.56 bits per heavy atom. The highest BCUT2D eigenvalue weighted by Crippen LogP contribution is 2.24. The van der Waals surface area contributed by atoms with Crippen LogP contribution in [0.1, 0.15) is 19.3 Å². The summed E-state index contributed by atoms with van der Waals surface area (Å²) >= 11 is 1.99. The Balaban J connectivity index is 2.17. The molecule has 1 heterocycles. The second-order valence-corrected chi connectivity index (χ2v) is 3.60. The zero-order valence-corrected chi connectivity index (χ0v) is 6.28. The molecule has 1 atom stereocenters. The quantitative estimate of drug-likeness (QED) is 0.558. The van der Waals surface area contributed by atoms with Crippen LogP contribution in [0.2, 0.25) is 0 Å². The van der Waals surface area contributed by atoms with E-state index in [-0.39, 0.29) is 0 Å². The van der Waals surface area contributed by atoms with Crippen LogP contribution in [0, 0.1) is 17.2 Å². The summed E-state index contributed by atoms with van der Waals surface area (Å²) in [5.41, 5.74) is 0. The van der Waals surface area contributed by atoms with Gasteiger partial charge in [0.1, 0.15) is 0 Å². The summed E-state index contributed by atoms with van der Waals surface area (Å²) < 4.78 is 0. The molecule has 0 radical (unpaired) electrons. The van der Waals surface area contributed by atoms with Gasteiger partial charge in [-0.15, -0.1) is 0 Å². The van der Waals surface area contributed by atoms with Crippen LogP contribution < -0.4 is 0 Å². The molecule has 0 aromatic carbocycles. The molecule has 0 spiro atoms. The molecule has 0 N–H and O–H groups in total. The van der Waals surface area contributed by atoms with E-state index >= 15 is 0 Å². The van der Waals surface area contributed by atoms with Crippen LogP contribution in [-0.2, 0) is 0 Å². The van der Waals surface area contributed by atoms with Crippen molar-refractivity contribution in [1.82, 2.24) is 0 Å². The van der Waals surface area contributed by atoms with Gasteiger partial charge in [0.15, 0.2) is 0 Å². The molecule has 0 amide bonds. The van der Waals surface area contributed by atoms with Crippen molar-refractivity contribution >= 4 is 11.8 Å². The van der Waals surface area contributed by atoms with Crippen molar-refractivity contribution in [3.63, 3.8) is 0 Å². The Bertz CT molecular complexity index is 111. The highest BCUT2D eigenvalue weighted by Gasteiger charge is 2.12. The molecule has 1 aliphatic rings. The van der Waals surface area contributed by atoms with Crippen molar-refractivity contribution in [3.8, 4) is 6.07 Å². The lowest BCUT2D eigenvalue weighted by molar-refractivity contribution is 0.535. The molecule has 0 aromatic rings. The lowest BCUT2D eigenvalue weighted by Crippen LogP contribution is -2.08. The molecule has 50 valence electrons. The zero-order chi connectivity index (χ0) is 6.53. The SMILES string of the molecule is N#CCC1CCCSC1. The first-order valence-corrected chi connectivity index (χ1v) is 4.53. The van der Waals surface area contributed by atoms with E-state index in [0.29, 0.717) is 5.92 Å². The van der Waals surface area contributed by atoms with E-state index < -0.39 is 0 Å². The molecular formula is C7H11NS. The lowest BCUT2D eigenvalue weighted by atomic mass is 10.0. The van der Waals surface area contributed by atoms with Crippen LogP contribution in [0.5, 0.6) is 0 Å². The minimum absolute atomic E-state index is 0.703. The molecule has 9 heavy (non-hydrogen) atoms. The fourth-order valence-corrected chi connectivity index (χ4v) is 2.25. The average Bonchev–Trinajstić information content (AvgIpc) is 1.91. The molecule has 0 saturated carbocycles. The maximum atomic E-state index is 8.36. The minimum Gasteiger partial charge on any atom is -0.198 e.